The molecule has 1 heterocycles. The summed E-state index contributed by atoms with van der Waals surface area (Å²) in [4.78, 5) is 11.5. The van der Waals surface area contributed by atoms with Crippen LogP contribution in [0.25, 0.3) is 0 Å². The van der Waals surface area contributed by atoms with Gasteiger partial charge in [0, 0.05) is 19.4 Å². The molecule has 0 aromatic heterocycles. The molecule has 1 aliphatic heterocycles. The normalized spacial score (nSPS) is 33.3. The molecule has 0 unspecified atom stereocenters. The summed E-state index contributed by atoms with van der Waals surface area (Å²) in [6.07, 6.45) is 2.61. The summed E-state index contributed by atoms with van der Waals surface area (Å²) in [6.45, 7) is 3.63. The number of halogens is 2. The molecule has 0 spiro atoms. The largest absolute Gasteiger partial charge is 0.463 e. The average molecular weight is 334 g/mol. The fourth-order valence-corrected chi connectivity index (χ4v) is 3.84. The molecule has 1 aliphatic carbocycles. The smallest absolute Gasteiger partial charge is 0.306 e. The van der Waals surface area contributed by atoms with E-state index in [2.05, 4.69) is 0 Å². The Morgan fingerprint density at radius 2 is 2.13 bits per heavy atom. The number of esters is 1. The Morgan fingerprint density at radius 1 is 1.39 bits per heavy atom. The van der Waals surface area contributed by atoms with Gasteiger partial charge in [-0.25, -0.2) is 8.78 Å². The van der Waals surface area contributed by atoms with Crippen LogP contribution in [-0.4, -0.2) is 42.4 Å². The third kappa shape index (κ3) is 4.86. The third-order valence-electron chi connectivity index (χ3n) is 5.02. The second-order valence-electron chi connectivity index (χ2n) is 7.16. The van der Waals surface area contributed by atoms with Crippen molar-refractivity contribution >= 4 is 5.97 Å². The number of rotatable bonds is 6. The van der Waals surface area contributed by atoms with Crippen LogP contribution in [0.4, 0.5) is 8.78 Å². The molecule has 0 aromatic rings. The highest BCUT2D eigenvalue weighted by Crippen LogP contribution is 2.49. The molecule has 1 saturated carbocycles. The molecule has 2 rings (SSSR count). The first-order valence-electron chi connectivity index (χ1n) is 8.63. The number of carbonyl (C=O) groups is 1. The minimum Gasteiger partial charge on any atom is -0.463 e. The minimum absolute atomic E-state index is 0.0971. The van der Waals surface area contributed by atoms with Gasteiger partial charge in [0.05, 0.1) is 24.7 Å². The standard InChI is InChI=1S/C17H28F2O4/c1-11(2)23-16(21)5-3-4-12-6-7-13-14(9-20)17(18,19)8-15(13)22-10-12/h11-15,20H,3-10H2,1-2H3/t12-,13+,14+,15-/m0/s1. The van der Waals surface area contributed by atoms with Gasteiger partial charge in [-0.2, -0.15) is 0 Å². The van der Waals surface area contributed by atoms with Gasteiger partial charge >= 0.3 is 5.97 Å². The van der Waals surface area contributed by atoms with Gasteiger partial charge in [-0.3, -0.25) is 4.79 Å². The minimum atomic E-state index is -2.82. The lowest BCUT2D eigenvalue weighted by Crippen LogP contribution is -2.29. The average Bonchev–Trinajstić information content (AvgIpc) is 2.56. The number of ether oxygens (including phenoxy) is 2. The maximum atomic E-state index is 13.8. The number of alkyl halides is 2. The van der Waals surface area contributed by atoms with Crippen LogP contribution in [0.3, 0.4) is 0 Å². The molecule has 0 aromatic carbocycles. The molecule has 2 aliphatic rings. The fourth-order valence-electron chi connectivity index (χ4n) is 3.84. The van der Waals surface area contributed by atoms with E-state index in [0.717, 1.165) is 19.3 Å². The summed E-state index contributed by atoms with van der Waals surface area (Å²) in [7, 11) is 0. The van der Waals surface area contributed by atoms with Crippen molar-refractivity contribution < 1.29 is 28.2 Å². The van der Waals surface area contributed by atoms with Crippen LogP contribution in [0.15, 0.2) is 0 Å². The van der Waals surface area contributed by atoms with Crippen molar-refractivity contribution in [1.82, 2.24) is 0 Å². The van der Waals surface area contributed by atoms with Crippen LogP contribution in [0.5, 0.6) is 0 Å². The zero-order chi connectivity index (χ0) is 17.0. The Hall–Kier alpha value is -0.750. The van der Waals surface area contributed by atoms with Crippen molar-refractivity contribution in [3.8, 4) is 0 Å². The molecule has 6 heteroatoms. The van der Waals surface area contributed by atoms with E-state index >= 15 is 0 Å². The maximum absolute atomic E-state index is 13.8. The number of fused-ring (bicyclic) bond motifs is 1. The lowest BCUT2D eigenvalue weighted by atomic mass is 9.87. The van der Waals surface area contributed by atoms with Gasteiger partial charge in [-0.15, -0.1) is 0 Å². The molecule has 1 saturated heterocycles. The predicted octanol–water partition coefficient (Wildman–Crippen LogP) is 3.17. The topological polar surface area (TPSA) is 55.8 Å². The van der Waals surface area contributed by atoms with Crippen LogP contribution in [0.1, 0.15) is 52.4 Å². The molecule has 1 N–H and O–H groups in total. The molecule has 0 radical (unpaired) electrons. The number of carbonyl (C=O) groups excluding carboxylic acids is 1. The quantitative estimate of drug-likeness (QED) is 0.758. The highest BCUT2D eigenvalue weighted by molar-refractivity contribution is 5.69. The second kappa shape index (κ2) is 7.88. The van der Waals surface area contributed by atoms with Crippen molar-refractivity contribution in [2.45, 2.75) is 70.5 Å². The number of hydrogen-bond acceptors (Lipinski definition) is 4. The first kappa shape index (κ1) is 18.6. The fraction of sp³-hybridized carbons (Fsp3) is 0.941. The van der Waals surface area contributed by atoms with E-state index in [1.54, 1.807) is 0 Å². The van der Waals surface area contributed by atoms with E-state index in [1.807, 2.05) is 13.8 Å². The molecule has 2 fully saturated rings. The summed E-state index contributed by atoms with van der Waals surface area (Å²) in [6, 6.07) is 0. The predicted molar refractivity (Wildman–Crippen MR) is 81.2 cm³/mol. The first-order chi connectivity index (χ1) is 10.8. The molecule has 4 nitrogen and oxygen atoms in total. The van der Waals surface area contributed by atoms with E-state index in [9.17, 15) is 18.7 Å². The lowest BCUT2D eigenvalue weighted by Gasteiger charge is -2.22. The van der Waals surface area contributed by atoms with Crippen LogP contribution < -0.4 is 0 Å². The molecule has 0 bridgehead atoms. The highest BCUT2D eigenvalue weighted by Gasteiger charge is 2.55. The number of aliphatic hydroxyl groups excluding tert-OH is 1. The van der Waals surface area contributed by atoms with Gasteiger partial charge in [0.25, 0.3) is 5.92 Å². The van der Waals surface area contributed by atoms with Gasteiger partial charge in [-0.05, 0) is 51.4 Å². The summed E-state index contributed by atoms with van der Waals surface area (Å²) in [5.41, 5.74) is 0. The van der Waals surface area contributed by atoms with Crippen molar-refractivity contribution in [2.75, 3.05) is 13.2 Å². The van der Waals surface area contributed by atoms with Gasteiger partial charge in [0.15, 0.2) is 0 Å². The Kier molecular flexibility index (Phi) is 6.37. The molecule has 0 amide bonds. The third-order valence-corrected chi connectivity index (χ3v) is 5.02. The van der Waals surface area contributed by atoms with E-state index in [-0.39, 0.29) is 24.4 Å². The number of hydrogen-bond donors (Lipinski definition) is 1. The molecular weight excluding hydrogens is 306 g/mol. The molecule has 23 heavy (non-hydrogen) atoms. The lowest BCUT2D eigenvalue weighted by molar-refractivity contribution is -0.147. The van der Waals surface area contributed by atoms with E-state index in [1.165, 1.54) is 0 Å². The summed E-state index contributed by atoms with van der Waals surface area (Å²) >= 11 is 0. The van der Waals surface area contributed by atoms with Gasteiger partial charge in [0.1, 0.15) is 0 Å². The number of aliphatic hydroxyl groups is 1. The van der Waals surface area contributed by atoms with Gasteiger partial charge in [0.2, 0.25) is 0 Å². The van der Waals surface area contributed by atoms with E-state index in [0.29, 0.717) is 25.4 Å². The van der Waals surface area contributed by atoms with Crippen LogP contribution in [-0.2, 0) is 14.3 Å². The van der Waals surface area contributed by atoms with Crippen molar-refractivity contribution in [3.63, 3.8) is 0 Å². The van der Waals surface area contributed by atoms with Crippen molar-refractivity contribution in [3.05, 3.63) is 0 Å². The molecular formula is C17H28F2O4. The van der Waals surface area contributed by atoms with Crippen molar-refractivity contribution in [2.24, 2.45) is 17.8 Å². The summed E-state index contributed by atoms with van der Waals surface area (Å²) in [5.74, 6) is -3.96. The highest BCUT2D eigenvalue weighted by atomic mass is 19.3. The Balaban J connectivity index is 1.77. The Labute approximate surface area is 136 Å². The summed E-state index contributed by atoms with van der Waals surface area (Å²) in [5, 5.41) is 9.29. The van der Waals surface area contributed by atoms with Crippen molar-refractivity contribution in [1.29, 1.82) is 0 Å². The second-order valence-corrected chi connectivity index (χ2v) is 7.16. The first-order valence-corrected chi connectivity index (χ1v) is 8.63. The maximum Gasteiger partial charge on any atom is 0.306 e. The van der Waals surface area contributed by atoms with E-state index in [4.69, 9.17) is 9.47 Å². The zero-order valence-electron chi connectivity index (χ0n) is 14.0. The van der Waals surface area contributed by atoms with Crippen LogP contribution >= 0.6 is 0 Å². The SMILES string of the molecule is CC(C)OC(=O)CCC[C@H]1CC[C@H]2[C@H](CC(F)(F)[C@@H]2CO)OC1. The molecule has 134 valence electrons. The van der Waals surface area contributed by atoms with Gasteiger partial charge < -0.3 is 14.6 Å². The monoisotopic (exact) mass is 334 g/mol. The van der Waals surface area contributed by atoms with Crippen LogP contribution in [0, 0.1) is 17.8 Å². The van der Waals surface area contributed by atoms with Gasteiger partial charge in [-0.1, -0.05) is 0 Å². The summed E-state index contributed by atoms with van der Waals surface area (Å²) < 4.78 is 38.5. The zero-order valence-corrected chi connectivity index (χ0v) is 14.0. The van der Waals surface area contributed by atoms with E-state index < -0.39 is 24.6 Å². The van der Waals surface area contributed by atoms with Crippen LogP contribution in [0.2, 0.25) is 0 Å². The molecule has 4 atom stereocenters. The Morgan fingerprint density at radius 3 is 2.78 bits per heavy atom. The Bertz CT molecular complexity index is 400.